The Morgan fingerprint density at radius 2 is 0.519 bits per heavy atom. The van der Waals surface area contributed by atoms with Gasteiger partial charge in [-0.3, -0.25) is 0 Å². The molecule has 376 valence electrons. The van der Waals surface area contributed by atoms with E-state index in [1.807, 2.05) is 0 Å². The molecule has 0 atom stereocenters. The van der Waals surface area contributed by atoms with Crippen LogP contribution < -0.4 is 30.5 Å². The Morgan fingerprint density at radius 1 is 0.241 bits per heavy atom. The Kier molecular flexibility index (Phi) is 12.0. The van der Waals surface area contributed by atoms with Crippen molar-refractivity contribution in [2.45, 2.75) is 13.8 Å². The lowest BCUT2D eigenvalue weighted by molar-refractivity contribution is 1.18. The van der Waals surface area contributed by atoms with Crippen molar-refractivity contribution in [1.82, 2.24) is 9.13 Å². The van der Waals surface area contributed by atoms with Crippen LogP contribution in [0, 0.1) is 13.8 Å². The van der Waals surface area contributed by atoms with Gasteiger partial charge in [0.15, 0.2) is 8.07 Å². The summed E-state index contributed by atoms with van der Waals surface area (Å²) >= 11 is 0. The minimum absolute atomic E-state index is 1.09. The Morgan fingerprint density at radius 3 is 0.886 bits per heavy atom. The number of para-hydroxylation sites is 4. The van der Waals surface area contributed by atoms with E-state index in [2.05, 4.69) is 336 Å². The highest BCUT2D eigenvalue weighted by atomic mass is 28.3. The van der Waals surface area contributed by atoms with Gasteiger partial charge in [-0.1, -0.05) is 193 Å². The first-order chi connectivity index (χ1) is 39.0. The van der Waals surface area contributed by atoms with E-state index < -0.39 is 8.07 Å². The standard InChI is InChI=1S/C74H56N4Si/c1-53-31-35-57(36-32-53)75(61-43-49-73-69(51-61)67-27-15-17-29-71(67)77(73)55-19-7-3-8-20-55)59-39-45-65(46-40-59)79(63-23-11-5-12-24-63,64-25-13-6-14-26-64)66-47-41-60(42-48-66)76(58-37-33-54(2)34-38-58)62-44-50-74-70(52-62)68-28-16-18-30-72(68)78(74)56-21-9-4-10-22-56/h3-52H,1-2H3. The van der Waals surface area contributed by atoms with Crippen molar-refractivity contribution in [2.75, 3.05) is 9.80 Å². The number of hydrogen-bond donors (Lipinski definition) is 0. The molecule has 4 nitrogen and oxygen atoms in total. The van der Waals surface area contributed by atoms with Crippen LogP contribution in [0.2, 0.25) is 0 Å². The van der Waals surface area contributed by atoms with Crippen LogP contribution in [0.4, 0.5) is 34.1 Å². The average molecular weight is 1030 g/mol. The summed E-state index contributed by atoms with van der Waals surface area (Å²) in [5, 5.41) is 10.2. The third kappa shape index (κ3) is 8.22. The quantitative estimate of drug-likeness (QED) is 0.0896. The molecule has 0 N–H and O–H groups in total. The van der Waals surface area contributed by atoms with Crippen LogP contribution in [-0.2, 0) is 0 Å². The summed E-state index contributed by atoms with van der Waals surface area (Å²) in [6.07, 6.45) is 0. The molecular weight excluding hydrogens is 973 g/mol. The van der Waals surface area contributed by atoms with Crippen molar-refractivity contribution < 1.29 is 0 Å². The van der Waals surface area contributed by atoms with Crippen molar-refractivity contribution >= 4 is 107 Å². The summed E-state index contributed by atoms with van der Waals surface area (Å²) in [5.74, 6) is 0. The SMILES string of the molecule is Cc1ccc(N(c2ccc([Si](c3ccccc3)(c3ccccc3)c3ccc(N(c4ccc(C)cc4)c4ccc5c(c4)c4ccccc4n5-c4ccccc4)cc3)cc2)c2ccc3c(c2)c2ccccc2n3-c2ccccc2)cc1. The maximum absolute atomic E-state index is 2.98. The van der Waals surface area contributed by atoms with E-state index in [1.54, 1.807) is 0 Å². The lowest BCUT2D eigenvalue weighted by Gasteiger charge is -2.35. The Hall–Kier alpha value is -9.94. The third-order valence-corrected chi connectivity index (χ3v) is 20.8. The van der Waals surface area contributed by atoms with Gasteiger partial charge in [0.2, 0.25) is 0 Å². The highest BCUT2D eigenvalue weighted by molar-refractivity contribution is 7.19. The third-order valence-electron chi connectivity index (χ3n) is 16.0. The second kappa shape index (κ2) is 19.9. The maximum Gasteiger partial charge on any atom is 0.179 e. The lowest BCUT2D eigenvalue weighted by atomic mass is 10.1. The molecule has 0 aliphatic carbocycles. The van der Waals surface area contributed by atoms with Gasteiger partial charge >= 0.3 is 0 Å². The first-order valence-corrected chi connectivity index (χ1v) is 29.2. The number of anilines is 6. The van der Waals surface area contributed by atoms with E-state index >= 15 is 0 Å². The molecule has 0 saturated heterocycles. The normalized spacial score (nSPS) is 11.7. The van der Waals surface area contributed by atoms with Gasteiger partial charge in [0, 0.05) is 67.0 Å². The van der Waals surface area contributed by atoms with Gasteiger partial charge in [0.05, 0.1) is 22.1 Å². The molecule has 0 amide bonds. The molecule has 0 fully saturated rings. The second-order valence-corrected chi connectivity index (χ2v) is 24.5. The van der Waals surface area contributed by atoms with Crippen LogP contribution in [0.3, 0.4) is 0 Å². The smallest absolute Gasteiger partial charge is 0.179 e. The number of nitrogens with zero attached hydrogens (tertiary/aromatic N) is 4. The van der Waals surface area contributed by atoms with Gasteiger partial charge in [-0.05, 0) is 156 Å². The minimum atomic E-state index is -2.98. The molecule has 12 aromatic carbocycles. The van der Waals surface area contributed by atoms with Gasteiger partial charge in [-0.2, -0.15) is 0 Å². The molecular formula is C74H56N4Si. The second-order valence-electron chi connectivity index (χ2n) is 20.7. The zero-order valence-corrected chi connectivity index (χ0v) is 45.2. The number of aromatic nitrogens is 2. The molecule has 0 aliphatic heterocycles. The highest BCUT2D eigenvalue weighted by Gasteiger charge is 2.41. The summed E-state index contributed by atoms with van der Waals surface area (Å²) in [4.78, 5) is 4.83. The number of aryl methyl sites for hydroxylation is 2. The summed E-state index contributed by atoms with van der Waals surface area (Å²) < 4.78 is 4.77. The van der Waals surface area contributed by atoms with Crippen LogP contribution in [0.1, 0.15) is 11.1 Å². The number of rotatable bonds is 12. The predicted octanol–water partition coefficient (Wildman–Crippen LogP) is 16.8. The Bertz CT molecular complexity index is 4170. The highest BCUT2D eigenvalue weighted by Crippen LogP contribution is 2.42. The van der Waals surface area contributed by atoms with Crippen molar-refractivity contribution in [1.29, 1.82) is 0 Å². The molecule has 2 aromatic heterocycles. The number of fused-ring (bicyclic) bond motifs is 6. The largest absolute Gasteiger partial charge is 0.310 e. The van der Waals surface area contributed by atoms with Crippen molar-refractivity contribution in [3.63, 3.8) is 0 Å². The maximum atomic E-state index is 2.41. The molecule has 79 heavy (non-hydrogen) atoms. The van der Waals surface area contributed by atoms with Crippen LogP contribution in [-0.4, -0.2) is 17.2 Å². The molecule has 2 heterocycles. The number of benzene rings is 12. The molecule has 0 spiro atoms. The van der Waals surface area contributed by atoms with E-state index in [1.165, 1.54) is 75.5 Å². The van der Waals surface area contributed by atoms with Crippen molar-refractivity contribution in [3.05, 3.63) is 314 Å². The zero-order valence-electron chi connectivity index (χ0n) is 44.2. The minimum Gasteiger partial charge on any atom is -0.310 e. The van der Waals surface area contributed by atoms with E-state index in [0.717, 1.165) is 45.5 Å². The van der Waals surface area contributed by atoms with E-state index in [0.29, 0.717) is 0 Å². The van der Waals surface area contributed by atoms with E-state index in [9.17, 15) is 0 Å². The summed E-state index contributed by atoms with van der Waals surface area (Å²) in [6, 6.07) is 112. The van der Waals surface area contributed by atoms with Gasteiger partial charge < -0.3 is 18.9 Å². The van der Waals surface area contributed by atoms with Gasteiger partial charge in [0.1, 0.15) is 0 Å². The van der Waals surface area contributed by atoms with E-state index in [4.69, 9.17) is 0 Å². The van der Waals surface area contributed by atoms with Crippen LogP contribution in [0.15, 0.2) is 303 Å². The summed E-state index contributed by atoms with van der Waals surface area (Å²) in [5.41, 5.74) is 16.1. The van der Waals surface area contributed by atoms with Gasteiger partial charge in [-0.15, -0.1) is 0 Å². The fraction of sp³-hybridized carbons (Fsp3) is 0.0270. The van der Waals surface area contributed by atoms with Crippen LogP contribution >= 0.6 is 0 Å². The Balaban J connectivity index is 0.914. The molecule has 0 radical (unpaired) electrons. The first kappa shape index (κ1) is 47.5. The van der Waals surface area contributed by atoms with Gasteiger partial charge in [-0.25, -0.2) is 0 Å². The molecule has 14 rings (SSSR count). The fourth-order valence-corrected chi connectivity index (χ4v) is 17.0. The lowest BCUT2D eigenvalue weighted by Crippen LogP contribution is -2.74. The molecule has 5 heteroatoms. The van der Waals surface area contributed by atoms with Gasteiger partial charge in [0.25, 0.3) is 0 Å². The number of hydrogen-bond acceptors (Lipinski definition) is 2. The van der Waals surface area contributed by atoms with Crippen molar-refractivity contribution in [2.24, 2.45) is 0 Å². The predicted molar refractivity (Wildman–Crippen MR) is 338 cm³/mol. The van der Waals surface area contributed by atoms with Crippen molar-refractivity contribution in [3.8, 4) is 11.4 Å². The average Bonchev–Trinajstić information content (AvgIpc) is 4.28. The summed E-state index contributed by atoms with van der Waals surface area (Å²) in [6.45, 7) is 4.31. The topological polar surface area (TPSA) is 16.3 Å². The molecule has 0 bridgehead atoms. The summed E-state index contributed by atoms with van der Waals surface area (Å²) in [7, 11) is -2.98. The van der Waals surface area contributed by atoms with Crippen LogP contribution in [0.5, 0.6) is 0 Å². The first-order valence-electron chi connectivity index (χ1n) is 27.2. The Labute approximate surface area is 462 Å². The van der Waals surface area contributed by atoms with E-state index in [-0.39, 0.29) is 0 Å². The molecule has 0 unspecified atom stereocenters. The monoisotopic (exact) mass is 1030 g/mol. The zero-order chi connectivity index (χ0) is 52.9. The molecule has 0 aliphatic rings. The molecule has 0 saturated carbocycles. The van der Waals surface area contributed by atoms with Crippen LogP contribution in [0.25, 0.3) is 55.0 Å². The fourth-order valence-electron chi connectivity index (χ4n) is 12.3. The molecule has 14 aromatic rings.